The zero-order valence-corrected chi connectivity index (χ0v) is 15.3. The fourth-order valence-electron chi connectivity index (χ4n) is 3.33. The van der Waals surface area contributed by atoms with Crippen LogP contribution in [-0.2, 0) is 4.79 Å². The van der Waals surface area contributed by atoms with Crippen LogP contribution in [0.2, 0.25) is 0 Å². The van der Waals surface area contributed by atoms with Crippen LogP contribution in [0.1, 0.15) is 50.8 Å². The Morgan fingerprint density at radius 1 is 1.04 bits per heavy atom. The quantitative estimate of drug-likeness (QED) is 0.837. The van der Waals surface area contributed by atoms with Gasteiger partial charge in [-0.3, -0.25) is 10.2 Å². The molecule has 1 aliphatic rings. The van der Waals surface area contributed by atoms with Crippen molar-refractivity contribution in [3.05, 3.63) is 47.5 Å². The van der Waals surface area contributed by atoms with Gasteiger partial charge in [-0.15, -0.1) is 0 Å². The normalized spacial score (nSPS) is 19.2. The molecule has 0 saturated carbocycles. The lowest BCUT2D eigenvalue weighted by Crippen LogP contribution is -2.43. The number of nitrogens with zero attached hydrogens (tertiary/aromatic N) is 1. The van der Waals surface area contributed by atoms with Gasteiger partial charge in [0.25, 0.3) is 0 Å². The number of amides is 1. The fourth-order valence-corrected chi connectivity index (χ4v) is 3.33. The number of carbonyl (C=O) groups excluding carboxylic acids is 1. The molecule has 26 heavy (non-hydrogen) atoms. The molecule has 1 heterocycles. The van der Waals surface area contributed by atoms with Crippen LogP contribution in [0.4, 0.5) is 13.2 Å². The number of fused-ring (bicyclic) bond motifs is 1. The molecular weight excluding hydrogens is 341 g/mol. The van der Waals surface area contributed by atoms with Gasteiger partial charge in [-0.1, -0.05) is 44.2 Å². The lowest BCUT2D eigenvalue weighted by Gasteiger charge is -2.30. The Hall–Kier alpha value is -2.08. The largest absolute Gasteiger partial charge is 0.409 e. The molecule has 1 fully saturated rings. The molecule has 3 nitrogen and oxygen atoms in total. The van der Waals surface area contributed by atoms with Gasteiger partial charge in [0.05, 0.1) is 5.41 Å². The van der Waals surface area contributed by atoms with Gasteiger partial charge in [0.1, 0.15) is 6.04 Å². The van der Waals surface area contributed by atoms with Crippen molar-refractivity contribution in [2.24, 2.45) is 5.41 Å². The average molecular weight is 364 g/mol. The van der Waals surface area contributed by atoms with Crippen molar-refractivity contribution in [2.75, 3.05) is 6.54 Å². The summed E-state index contributed by atoms with van der Waals surface area (Å²) in [6.07, 6.45) is -4.50. The molecule has 0 unspecified atom stereocenters. The second kappa shape index (κ2) is 6.27. The highest BCUT2D eigenvalue weighted by molar-refractivity contribution is 5.85. The lowest BCUT2D eigenvalue weighted by molar-refractivity contribution is -0.191. The average Bonchev–Trinajstić information content (AvgIpc) is 2.78. The van der Waals surface area contributed by atoms with E-state index in [1.165, 1.54) is 6.07 Å². The third-order valence-corrected chi connectivity index (χ3v) is 4.92. The van der Waals surface area contributed by atoms with Crippen LogP contribution < -0.4 is 5.43 Å². The maximum atomic E-state index is 13.8. The molecule has 0 spiro atoms. The fraction of sp³-hybridized carbons (Fsp3) is 0.450. The Morgan fingerprint density at radius 3 is 2.04 bits per heavy atom. The second-order valence-electron chi connectivity index (χ2n) is 7.92. The van der Waals surface area contributed by atoms with Crippen molar-refractivity contribution in [1.82, 2.24) is 10.4 Å². The van der Waals surface area contributed by atoms with E-state index < -0.39 is 23.5 Å². The van der Waals surface area contributed by atoms with Crippen LogP contribution in [0.25, 0.3) is 10.8 Å². The number of alkyl halides is 3. The Morgan fingerprint density at radius 2 is 1.58 bits per heavy atom. The second-order valence-corrected chi connectivity index (χ2v) is 7.92. The molecule has 3 rings (SSSR count). The zero-order chi connectivity index (χ0) is 19.3. The van der Waals surface area contributed by atoms with Gasteiger partial charge in [0.2, 0.25) is 5.91 Å². The number of rotatable bonds is 3. The maximum Gasteiger partial charge on any atom is 0.409 e. The van der Waals surface area contributed by atoms with Crippen molar-refractivity contribution < 1.29 is 18.0 Å². The molecular formula is C20H23F3N2O. The zero-order valence-electron chi connectivity index (χ0n) is 15.3. The summed E-state index contributed by atoms with van der Waals surface area (Å²) >= 11 is 0. The van der Waals surface area contributed by atoms with E-state index >= 15 is 0 Å². The van der Waals surface area contributed by atoms with Crippen molar-refractivity contribution >= 4 is 16.7 Å². The van der Waals surface area contributed by atoms with Crippen molar-refractivity contribution in [1.29, 1.82) is 0 Å². The summed E-state index contributed by atoms with van der Waals surface area (Å²) in [7, 11) is 0. The molecule has 0 aliphatic carbocycles. The summed E-state index contributed by atoms with van der Waals surface area (Å²) in [5.41, 5.74) is 2.81. The van der Waals surface area contributed by atoms with E-state index in [0.29, 0.717) is 5.92 Å². The maximum absolute atomic E-state index is 13.8. The summed E-state index contributed by atoms with van der Waals surface area (Å²) < 4.78 is 41.4. The Kier molecular flexibility index (Phi) is 4.51. The lowest BCUT2D eigenvalue weighted by atomic mass is 9.93. The van der Waals surface area contributed by atoms with Gasteiger partial charge in [-0.25, -0.2) is 5.01 Å². The van der Waals surface area contributed by atoms with Crippen LogP contribution in [0.15, 0.2) is 36.4 Å². The number of nitrogens with one attached hydrogen (secondary N) is 1. The summed E-state index contributed by atoms with van der Waals surface area (Å²) in [6, 6.07) is 8.72. The first-order valence-corrected chi connectivity index (χ1v) is 8.67. The topological polar surface area (TPSA) is 32.3 Å². The Bertz CT molecular complexity index is 843. The van der Waals surface area contributed by atoms with Gasteiger partial charge >= 0.3 is 6.18 Å². The third-order valence-electron chi connectivity index (χ3n) is 4.92. The van der Waals surface area contributed by atoms with Crippen LogP contribution in [0, 0.1) is 5.41 Å². The number of carbonyl (C=O) groups is 1. The minimum atomic E-state index is -4.50. The van der Waals surface area contributed by atoms with Crippen molar-refractivity contribution in [3.63, 3.8) is 0 Å². The molecule has 2 aromatic rings. The first kappa shape index (κ1) is 18.7. The number of hydrogen-bond donors (Lipinski definition) is 1. The Labute approximate surface area is 151 Å². The van der Waals surface area contributed by atoms with E-state index in [-0.39, 0.29) is 12.1 Å². The van der Waals surface area contributed by atoms with Crippen molar-refractivity contribution in [3.8, 4) is 0 Å². The smallest absolute Gasteiger partial charge is 0.287 e. The molecule has 0 aromatic heterocycles. The number of benzene rings is 2. The van der Waals surface area contributed by atoms with Crippen LogP contribution in [-0.4, -0.2) is 23.6 Å². The van der Waals surface area contributed by atoms with Crippen LogP contribution >= 0.6 is 0 Å². The standard InChI is InChI=1S/C20H23F3N2O/c1-12(2)13-5-6-15-10-16(8-7-14(15)9-13)17(20(21,22)23)25-11-19(3,4)18(26)24-25/h5-10,12,17H,11H2,1-4H3,(H,24,26)/t17-/m0/s1. The van der Waals surface area contributed by atoms with Crippen molar-refractivity contribution in [2.45, 2.75) is 45.8 Å². The predicted molar refractivity (Wildman–Crippen MR) is 95.5 cm³/mol. The minimum absolute atomic E-state index is 0.000332. The SMILES string of the molecule is CC(C)c1ccc2cc([C@H](N3CC(C)(C)C(=O)N3)C(F)(F)F)ccc2c1. The molecule has 1 N–H and O–H groups in total. The minimum Gasteiger partial charge on any atom is -0.287 e. The van der Waals surface area contributed by atoms with Crippen LogP contribution in [0.5, 0.6) is 0 Å². The monoisotopic (exact) mass is 364 g/mol. The molecule has 1 atom stereocenters. The van der Waals surface area contributed by atoms with Gasteiger partial charge in [0, 0.05) is 6.54 Å². The molecule has 0 radical (unpaired) electrons. The van der Waals surface area contributed by atoms with Gasteiger partial charge in [-0.2, -0.15) is 13.2 Å². The van der Waals surface area contributed by atoms with E-state index in [0.717, 1.165) is 21.3 Å². The number of hydrazine groups is 1. The highest BCUT2D eigenvalue weighted by Crippen LogP contribution is 2.41. The number of halogens is 3. The third kappa shape index (κ3) is 3.43. The molecule has 1 saturated heterocycles. The highest BCUT2D eigenvalue weighted by atomic mass is 19.4. The first-order chi connectivity index (χ1) is 12.0. The van der Waals surface area contributed by atoms with E-state index in [9.17, 15) is 18.0 Å². The highest BCUT2D eigenvalue weighted by Gasteiger charge is 2.51. The van der Waals surface area contributed by atoms with Gasteiger partial charge in [-0.05, 0) is 47.7 Å². The van der Waals surface area contributed by atoms with Crippen LogP contribution in [0.3, 0.4) is 0 Å². The van der Waals surface area contributed by atoms with Gasteiger partial charge < -0.3 is 0 Å². The molecule has 2 aromatic carbocycles. The number of hydrogen-bond acceptors (Lipinski definition) is 2. The molecule has 1 aliphatic heterocycles. The predicted octanol–water partition coefficient (Wildman–Crippen LogP) is 4.94. The van der Waals surface area contributed by atoms with Gasteiger partial charge in [0.15, 0.2) is 0 Å². The van der Waals surface area contributed by atoms with E-state index in [2.05, 4.69) is 19.3 Å². The summed E-state index contributed by atoms with van der Waals surface area (Å²) in [5.74, 6) is -0.0434. The van der Waals surface area contributed by atoms with E-state index in [4.69, 9.17) is 0 Å². The molecule has 6 heteroatoms. The molecule has 0 bridgehead atoms. The molecule has 140 valence electrons. The van der Waals surface area contributed by atoms with E-state index in [1.54, 1.807) is 26.0 Å². The molecule has 1 amide bonds. The summed E-state index contributed by atoms with van der Waals surface area (Å²) in [5, 5.41) is 2.67. The Balaban J connectivity index is 2.02. The summed E-state index contributed by atoms with van der Waals surface area (Å²) in [4.78, 5) is 12.0. The summed E-state index contributed by atoms with van der Waals surface area (Å²) in [6.45, 7) is 7.44. The van der Waals surface area contributed by atoms with E-state index in [1.807, 2.05) is 18.2 Å². The first-order valence-electron chi connectivity index (χ1n) is 8.67.